The Labute approximate surface area is 145 Å². The van der Waals surface area contributed by atoms with Crippen molar-refractivity contribution in [3.8, 4) is 0 Å². The van der Waals surface area contributed by atoms with E-state index in [0.717, 1.165) is 36.0 Å². The van der Waals surface area contributed by atoms with Crippen molar-refractivity contribution >= 4 is 38.2 Å². The molecule has 1 saturated heterocycles. The van der Waals surface area contributed by atoms with Crippen LogP contribution in [0.1, 0.15) is 40.1 Å². The van der Waals surface area contributed by atoms with Gasteiger partial charge in [0, 0.05) is 18.0 Å². The molecule has 0 spiro atoms. The molecule has 7 nitrogen and oxygen atoms in total. The molecule has 1 aliphatic carbocycles. The van der Waals surface area contributed by atoms with Gasteiger partial charge in [-0.2, -0.15) is 0 Å². The monoisotopic (exact) mass is 371 g/mol. The number of primary amides is 1. The van der Waals surface area contributed by atoms with Gasteiger partial charge in [-0.25, -0.2) is 12.7 Å². The van der Waals surface area contributed by atoms with E-state index in [1.165, 1.54) is 15.6 Å². The average Bonchev–Trinajstić information content (AvgIpc) is 3.06. The fourth-order valence-electron chi connectivity index (χ4n) is 3.42. The fraction of sp³-hybridized carbons (Fsp3) is 0.600. The maximum absolute atomic E-state index is 12.6. The summed E-state index contributed by atoms with van der Waals surface area (Å²) >= 11 is 1.41. The van der Waals surface area contributed by atoms with Crippen LogP contribution in [0.2, 0.25) is 0 Å². The summed E-state index contributed by atoms with van der Waals surface area (Å²) in [6, 6.07) is 0. The number of aryl methyl sites for hydroxylation is 1. The van der Waals surface area contributed by atoms with Crippen LogP contribution in [0.5, 0.6) is 0 Å². The summed E-state index contributed by atoms with van der Waals surface area (Å²) < 4.78 is 24.7. The van der Waals surface area contributed by atoms with Crippen LogP contribution in [-0.4, -0.2) is 43.9 Å². The first kappa shape index (κ1) is 17.4. The second kappa shape index (κ2) is 6.45. The first-order valence-corrected chi connectivity index (χ1v) is 10.6. The molecule has 1 fully saturated rings. The zero-order chi connectivity index (χ0) is 17.5. The number of sulfonamides is 1. The molecule has 9 heteroatoms. The van der Waals surface area contributed by atoms with E-state index in [1.54, 1.807) is 0 Å². The Bertz CT molecular complexity index is 785. The predicted octanol–water partition coefficient (Wildman–Crippen LogP) is 0.946. The van der Waals surface area contributed by atoms with Gasteiger partial charge in [-0.15, -0.1) is 11.3 Å². The summed E-state index contributed by atoms with van der Waals surface area (Å²) in [6.45, 7) is 0.629. The molecule has 1 aliphatic heterocycles. The number of anilines is 1. The van der Waals surface area contributed by atoms with Gasteiger partial charge in [0.1, 0.15) is 5.00 Å². The Kier molecular flexibility index (Phi) is 4.67. The zero-order valence-corrected chi connectivity index (χ0v) is 15.1. The Morgan fingerprint density at radius 3 is 2.71 bits per heavy atom. The van der Waals surface area contributed by atoms with E-state index in [1.807, 2.05) is 0 Å². The summed E-state index contributed by atoms with van der Waals surface area (Å²) in [5.41, 5.74) is 6.88. The molecule has 132 valence electrons. The van der Waals surface area contributed by atoms with E-state index in [0.29, 0.717) is 30.0 Å². The molecule has 3 rings (SSSR count). The molecule has 0 saturated carbocycles. The normalized spacial score (nSPS) is 21.5. The number of nitrogens with two attached hydrogens (primary N) is 1. The third-order valence-electron chi connectivity index (χ3n) is 4.63. The van der Waals surface area contributed by atoms with Crippen molar-refractivity contribution in [3.63, 3.8) is 0 Å². The number of rotatable bonds is 4. The topological polar surface area (TPSA) is 110 Å². The van der Waals surface area contributed by atoms with Crippen LogP contribution in [0.4, 0.5) is 5.00 Å². The number of fused-ring (bicyclic) bond motifs is 1. The number of amides is 2. The summed E-state index contributed by atoms with van der Waals surface area (Å²) in [7, 11) is -3.30. The van der Waals surface area contributed by atoms with Crippen molar-refractivity contribution in [2.24, 2.45) is 11.7 Å². The molecule has 2 amide bonds. The summed E-state index contributed by atoms with van der Waals surface area (Å²) in [4.78, 5) is 25.4. The van der Waals surface area contributed by atoms with Crippen LogP contribution in [-0.2, 0) is 27.7 Å². The number of nitrogens with zero attached hydrogens (tertiary/aromatic N) is 1. The smallest absolute Gasteiger partial charge is 0.251 e. The van der Waals surface area contributed by atoms with Gasteiger partial charge in [-0.05, 0) is 37.7 Å². The van der Waals surface area contributed by atoms with Crippen LogP contribution < -0.4 is 11.1 Å². The van der Waals surface area contributed by atoms with Gasteiger partial charge in [0.2, 0.25) is 15.9 Å². The molecule has 0 aromatic carbocycles. The average molecular weight is 371 g/mol. The number of nitrogens with one attached hydrogen (secondary N) is 1. The summed E-state index contributed by atoms with van der Waals surface area (Å²) in [6.07, 6.45) is 5.15. The van der Waals surface area contributed by atoms with Crippen LogP contribution in [0.15, 0.2) is 0 Å². The third-order valence-corrected chi connectivity index (χ3v) is 7.11. The van der Waals surface area contributed by atoms with Crippen molar-refractivity contribution < 1.29 is 18.0 Å². The van der Waals surface area contributed by atoms with Crippen LogP contribution in [0.3, 0.4) is 0 Å². The number of hydrogen-bond acceptors (Lipinski definition) is 5. The molecule has 1 unspecified atom stereocenters. The number of carbonyl (C=O) groups excluding carboxylic acids is 2. The second-order valence-electron chi connectivity index (χ2n) is 6.38. The van der Waals surface area contributed by atoms with Crippen molar-refractivity contribution in [1.82, 2.24) is 4.31 Å². The highest BCUT2D eigenvalue weighted by atomic mass is 32.2. The van der Waals surface area contributed by atoms with E-state index >= 15 is 0 Å². The number of carbonyl (C=O) groups is 2. The van der Waals surface area contributed by atoms with Crippen molar-refractivity contribution in [1.29, 1.82) is 0 Å². The van der Waals surface area contributed by atoms with Gasteiger partial charge >= 0.3 is 0 Å². The molecular weight excluding hydrogens is 350 g/mol. The number of thiophene rings is 1. The van der Waals surface area contributed by atoms with Crippen molar-refractivity contribution in [2.75, 3.05) is 24.7 Å². The van der Waals surface area contributed by atoms with E-state index in [2.05, 4.69) is 5.32 Å². The predicted molar refractivity (Wildman–Crippen MR) is 92.6 cm³/mol. The first-order chi connectivity index (χ1) is 11.3. The molecular formula is C15H21N3O4S2. The zero-order valence-electron chi connectivity index (χ0n) is 13.5. The van der Waals surface area contributed by atoms with E-state index < -0.39 is 21.8 Å². The number of hydrogen-bond donors (Lipinski definition) is 2. The van der Waals surface area contributed by atoms with Crippen LogP contribution in [0.25, 0.3) is 0 Å². The highest BCUT2D eigenvalue weighted by Gasteiger charge is 2.32. The van der Waals surface area contributed by atoms with Gasteiger partial charge in [0.15, 0.2) is 0 Å². The lowest BCUT2D eigenvalue weighted by Gasteiger charge is -2.30. The molecule has 3 N–H and O–H groups in total. The Morgan fingerprint density at radius 2 is 2.04 bits per heavy atom. The molecule has 0 bridgehead atoms. The van der Waals surface area contributed by atoms with Gasteiger partial charge < -0.3 is 11.1 Å². The first-order valence-electron chi connectivity index (χ1n) is 7.97. The molecule has 1 aromatic rings. The standard InChI is InChI=1S/C15H21N3O4S2/c1-24(21,22)18-7-3-4-9(8-18)14(20)17-15-12(13(16)19)10-5-2-6-11(10)23-15/h9H,2-8H2,1H3,(H2,16,19)(H,17,20). The minimum atomic E-state index is -3.30. The molecule has 2 heterocycles. The van der Waals surface area contributed by atoms with E-state index in [-0.39, 0.29) is 12.5 Å². The highest BCUT2D eigenvalue weighted by Crippen LogP contribution is 2.39. The molecule has 1 atom stereocenters. The SMILES string of the molecule is CS(=O)(=O)N1CCCC(C(=O)Nc2sc3c(c2C(N)=O)CCC3)C1. The van der Waals surface area contributed by atoms with Crippen molar-refractivity contribution in [3.05, 3.63) is 16.0 Å². The lowest BCUT2D eigenvalue weighted by atomic mass is 9.99. The maximum atomic E-state index is 12.6. The lowest BCUT2D eigenvalue weighted by molar-refractivity contribution is -0.120. The Morgan fingerprint density at radius 1 is 1.29 bits per heavy atom. The van der Waals surface area contributed by atoms with Crippen molar-refractivity contribution in [2.45, 2.75) is 32.1 Å². The lowest BCUT2D eigenvalue weighted by Crippen LogP contribution is -2.43. The molecule has 1 aromatic heterocycles. The second-order valence-corrected chi connectivity index (χ2v) is 9.46. The quantitative estimate of drug-likeness (QED) is 0.821. The Hall–Kier alpha value is -1.45. The van der Waals surface area contributed by atoms with Crippen LogP contribution in [0, 0.1) is 5.92 Å². The highest BCUT2D eigenvalue weighted by molar-refractivity contribution is 7.88. The van der Waals surface area contributed by atoms with Gasteiger partial charge in [0.25, 0.3) is 5.91 Å². The van der Waals surface area contributed by atoms with Crippen LogP contribution >= 0.6 is 11.3 Å². The Balaban J connectivity index is 1.77. The minimum Gasteiger partial charge on any atom is -0.365 e. The largest absolute Gasteiger partial charge is 0.365 e. The third kappa shape index (κ3) is 3.33. The maximum Gasteiger partial charge on any atom is 0.251 e. The van der Waals surface area contributed by atoms with E-state index in [9.17, 15) is 18.0 Å². The molecule has 0 radical (unpaired) electrons. The fourth-order valence-corrected chi connectivity index (χ4v) is 5.63. The van der Waals surface area contributed by atoms with E-state index in [4.69, 9.17) is 5.73 Å². The molecule has 2 aliphatic rings. The summed E-state index contributed by atoms with van der Waals surface area (Å²) in [5, 5.41) is 3.33. The van der Waals surface area contributed by atoms with Gasteiger partial charge in [-0.3, -0.25) is 9.59 Å². The number of piperidine rings is 1. The molecule has 24 heavy (non-hydrogen) atoms. The van der Waals surface area contributed by atoms with Gasteiger partial charge in [-0.1, -0.05) is 0 Å². The minimum absolute atomic E-state index is 0.182. The summed E-state index contributed by atoms with van der Waals surface area (Å²) in [5.74, 6) is -1.18. The van der Waals surface area contributed by atoms with Gasteiger partial charge in [0.05, 0.1) is 17.7 Å².